The van der Waals surface area contributed by atoms with Gasteiger partial charge in [-0.2, -0.15) is 0 Å². The lowest BCUT2D eigenvalue weighted by Gasteiger charge is -2.12. The first-order valence-corrected chi connectivity index (χ1v) is 4.24. The first-order valence-electron chi connectivity index (χ1n) is 4.24. The van der Waals surface area contributed by atoms with Crippen molar-refractivity contribution in [3.05, 3.63) is 18.2 Å². The maximum atomic E-state index is 11.5. The molecular formula is C9H14N2O2. The minimum absolute atomic E-state index is 0.314. The van der Waals surface area contributed by atoms with Crippen molar-refractivity contribution in [2.75, 3.05) is 0 Å². The molecule has 1 aromatic rings. The number of carbonyl (C=O) groups excluding carboxylic acids is 1. The molecule has 0 aliphatic carbocycles. The van der Waals surface area contributed by atoms with E-state index in [1.165, 1.54) is 13.8 Å². The van der Waals surface area contributed by atoms with Crippen molar-refractivity contribution in [3.8, 4) is 0 Å². The number of nitrogens with zero attached hydrogens (tertiary/aromatic N) is 2. The molecule has 0 amide bonds. The van der Waals surface area contributed by atoms with Crippen molar-refractivity contribution >= 4 is 5.78 Å². The Balaban J connectivity index is 2.90. The number of imidazole rings is 1. The molecule has 0 aromatic carbocycles. The molecule has 0 saturated carbocycles. The molecule has 4 nitrogen and oxygen atoms in total. The van der Waals surface area contributed by atoms with Gasteiger partial charge < -0.3 is 9.67 Å². The molecule has 0 fully saturated rings. The zero-order chi connectivity index (χ0) is 10.1. The Morgan fingerprint density at radius 3 is 2.69 bits per heavy atom. The zero-order valence-corrected chi connectivity index (χ0v) is 8.11. The van der Waals surface area contributed by atoms with Crippen molar-refractivity contribution in [2.45, 2.75) is 32.9 Å². The molecule has 1 heterocycles. The summed E-state index contributed by atoms with van der Waals surface area (Å²) >= 11 is 0. The highest BCUT2D eigenvalue weighted by Crippen LogP contribution is 2.10. The molecule has 0 atom stereocenters. The fraction of sp³-hybridized carbons (Fsp3) is 0.556. The van der Waals surface area contributed by atoms with E-state index in [0.29, 0.717) is 5.69 Å². The van der Waals surface area contributed by atoms with Gasteiger partial charge in [-0.3, -0.25) is 4.79 Å². The fourth-order valence-corrected chi connectivity index (χ4v) is 0.964. The van der Waals surface area contributed by atoms with Crippen LogP contribution in [0.1, 0.15) is 31.3 Å². The highest BCUT2D eigenvalue weighted by atomic mass is 16.3. The number of ketones is 1. The van der Waals surface area contributed by atoms with E-state index in [9.17, 15) is 9.90 Å². The Morgan fingerprint density at radius 2 is 2.31 bits per heavy atom. The van der Waals surface area contributed by atoms with Crippen molar-refractivity contribution in [3.63, 3.8) is 0 Å². The molecule has 0 aliphatic heterocycles. The summed E-state index contributed by atoms with van der Waals surface area (Å²) in [6, 6.07) is 0. The van der Waals surface area contributed by atoms with Crippen molar-refractivity contribution < 1.29 is 9.90 Å². The Labute approximate surface area is 77.2 Å². The van der Waals surface area contributed by atoms with E-state index in [0.717, 1.165) is 6.54 Å². The number of Topliss-reactive ketones (excluding diaryl/α,β-unsaturated/α-hetero) is 1. The Kier molecular flexibility index (Phi) is 2.52. The average molecular weight is 182 g/mol. The largest absolute Gasteiger partial charge is 0.382 e. The predicted molar refractivity (Wildman–Crippen MR) is 48.5 cm³/mol. The molecular weight excluding hydrogens is 168 g/mol. The van der Waals surface area contributed by atoms with E-state index in [1.807, 2.05) is 6.92 Å². The third-order valence-corrected chi connectivity index (χ3v) is 1.79. The number of aromatic nitrogens is 2. The molecule has 1 aromatic heterocycles. The molecule has 13 heavy (non-hydrogen) atoms. The summed E-state index contributed by atoms with van der Waals surface area (Å²) < 4.78 is 1.79. The number of aryl methyl sites for hydroxylation is 1. The lowest BCUT2D eigenvalue weighted by molar-refractivity contribution is 0.0483. The van der Waals surface area contributed by atoms with E-state index in [-0.39, 0.29) is 5.78 Å². The van der Waals surface area contributed by atoms with Crippen LogP contribution in [0.25, 0.3) is 0 Å². The van der Waals surface area contributed by atoms with Crippen LogP contribution in [0.2, 0.25) is 0 Å². The average Bonchev–Trinajstić information content (AvgIpc) is 2.48. The number of carbonyl (C=O) groups is 1. The molecule has 0 saturated heterocycles. The summed E-state index contributed by atoms with van der Waals surface area (Å²) in [4.78, 5) is 15.4. The van der Waals surface area contributed by atoms with E-state index in [1.54, 1.807) is 17.1 Å². The molecule has 0 radical (unpaired) electrons. The topological polar surface area (TPSA) is 55.1 Å². The van der Waals surface area contributed by atoms with Crippen molar-refractivity contribution in [2.24, 2.45) is 0 Å². The molecule has 1 N–H and O–H groups in total. The van der Waals surface area contributed by atoms with Gasteiger partial charge in [-0.05, 0) is 20.8 Å². The van der Waals surface area contributed by atoms with Crippen LogP contribution in [-0.4, -0.2) is 26.0 Å². The summed E-state index contributed by atoms with van der Waals surface area (Å²) in [6.45, 7) is 5.65. The van der Waals surface area contributed by atoms with Crippen molar-refractivity contribution in [1.82, 2.24) is 9.55 Å². The lowest BCUT2D eigenvalue weighted by Crippen LogP contribution is -2.31. The van der Waals surface area contributed by atoms with Crippen LogP contribution in [0.5, 0.6) is 0 Å². The van der Waals surface area contributed by atoms with Crippen LogP contribution in [0.15, 0.2) is 12.5 Å². The van der Waals surface area contributed by atoms with Gasteiger partial charge in [0.05, 0.1) is 6.33 Å². The van der Waals surface area contributed by atoms with Gasteiger partial charge in [0.25, 0.3) is 0 Å². The molecule has 0 aliphatic rings. The summed E-state index contributed by atoms with van der Waals surface area (Å²) in [7, 11) is 0. The van der Waals surface area contributed by atoms with Gasteiger partial charge in [-0.15, -0.1) is 0 Å². The molecule has 0 unspecified atom stereocenters. The smallest absolute Gasteiger partial charge is 0.213 e. The minimum Gasteiger partial charge on any atom is -0.382 e. The monoisotopic (exact) mass is 182 g/mol. The van der Waals surface area contributed by atoms with E-state index in [4.69, 9.17) is 0 Å². The number of hydrogen-bond donors (Lipinski definition) is 1. The van der Waals surface area contributed by atoms with Gasteiger partial charge in [0, 0.05) is 12.7 Å². The van der Waals surface area contributed by atoms with Crippen LogP contribution in [0.4, 0.5) is 0 Å². The van der Waals surface area contributed by atoms with Crippen molar-refractivity contribution in [1.29, 1.82) is 0 Å². The fourth-order valence-electron chi connectivity index (χ4n) is 0.964. The summed E-state index contributed by atoms with van der Waals surface area (Å²) in [5.41, 5.74) is -1.03. The van der Waals surface area contributed by atoms with E-state index in [2.05, 4.69) is 4.98 Å². The number of hydrogen-bond acceptors (Lipinski definition) is 3. The van der Waals surface area contributed by atoms with Crippen LogP contribution < -0.4 is 0 Å². The Bertz CT molecular complexity index is 310. The Hall–Kier alpha value is -1.16. The maximum absolute atomic E-state index is 11.5. The minimum atomic E-state index is -1.34. The van der Waals surface area contributed by atoms with Crippen LogP contribution in [0.3, 0.4) is 0 Å². The molecule has 0 spiro atoms. The Morgan fingerprint density at radius 1 is 1.69 bits per heavy atom. The number of aliphatic hydroxyl groups is 1. The molecule has 1 rings (SSSR count). The summed E-state index contributed by atoms with van der Waals surface area (Å²) in [5, 5.41) is 9.42. The quantitative estimate of drug-likeness (QED) is 0.705. The van der Waals surface area contributed by atoms with Gasteiger partial charge in [-0.1, -0.05) is 0 Å². The maximum Gasteiger partial charge on any atom is 0.213 e. The second-order valence-corrected chi connectivity index (χ2v) is 3.48. The standard InChI is InChI=1S/C9H14N2O2/c1-4-11-5-7(10-6-11)8(12)9(2,3)13/h5-6,13H,4H2,1-3H3. The van der Waals surface area contributed by atoms with Gasteiger partial charge in [-0.25, -0.2) is 4.98 Å². The normalized spacial score (nSPS) is 11.7. The van der Waals surface area contributed by atoms with Gasteiger partial charge in [0.2, 0.25) is 5.78 Å². The first-order chi connectivity index (χ1) is 5.95. The van der Waals surface area contributed by atoms with E-state index >= 15 is 0 Å². The van der Waals surface area contributed by atoms with Gasteiger partial charge in [0.1, 0.15) is 11.3 Å². The molecule has 4 heteroatoms. The number of rotatable bonds is 3. The van der Waals surface area contributed by atoms with Crippen LogP contribution in [0, 0.1) is 0 Å². The second-order valence-electron chi connectivity index (χ2n) is 3.48. The highest BCUT2D eigenvalue weighted by Gasteiger charge is 2.26. The second kappa shape index (κ2) is 3.30. The van der Waals surface area contributed by atoms with Gasteiger partial charge in [0.15, 0.2) is 0 Å². The van der Waals surface area contributed by atoms with E-state index < -0.39 is 5.60 Å². The van der Waals surface area contributed by atoms with Crippen LogP contribution >= 0.6 is 0 Å². The summed E-state index contributed by atoms with van der Waals surface area (Å²) in [6.07, 6.45) is 3.22. The summed E-state index contributed by atoms with van der Waals surface area (Å²) in [5.74, 6) is -0.347. The van der Waals surface area contributed by atoms with Crippen LogP contribution in [-0.2, 0) is 6.54 Å². The zero-order valence-electron chi connectivity index (χ0n) is 8.11. The third-order valence-electron chi connectivity index (χ3n) is 1.79. The molecule has 0 bridgehead atoms. The molecule has 72 valence electrons. The highest BCUT2D eigenvalue weighted by molar-refractivity contribution is 5.99. The first kappa shape index (κ1) is 9.92. The lowest BCUT2D eigenvalue weighted by atomic mass is 10.0. The SMILES string of the molecule is CCn1cnc(C(=O)C(C)(C)O)c1. The third kappa shape index (κ3) is 2.15. The predicted octanol–water partition coefficient (Wildman–Crippen LogP) is 0.857. The van der Waals surface area contributed by atoms with Gasteiger partial charge >= 0.3 is 0 Å².